The van der Waals surface area contributed by atoms with Crippen LogP contribution in [0.2, 0.25) is 0 Å². The van der Waals surface area contributed by atoms with Gasteiger partial charge in [0.1, 0.15) is 0 Å². The number of carboxylic acid groups (broad SMARTS) is 1. The molecule has 0 aromatic carbocycles. The van der Waals surface area contributed by atoms with Gasteiger partial charge in [-0.1, -0.05) is 32.9 Å². The number of carbonyl (C=O) groups is 1. The maximum atomic E-state index is 11.6. The molecule has 12 atom stereocenters. The van der Waals surface area contributed by atoms with E-state index in [0.29, 0.717) is 29.6 Å². The molecule has 0 heterocycles. The van der Waals surface area contributed by atoms with Gasteiger partial charge in [-0.15, -0.1) is 0 Å². The lowest BCUT2D eigenvalue weighted by Crippen LogP contribution is -2.62. The Bertz CT molecular complexity index is 736. The number of hydrogen-bond donors (Lipinski definition) is 4. The van der Waals surface area contributed by atoms with E-state index < -0.39 is 11.9 Å². The molecule has 12 unspecified atom stereocenters. The molecule has 4 aliphatic carbocycles. The molecule has 0 aromatic heterocycles. The number of carboxylic acids is 1. The lowest BCUT2D eigenvalue weighted by molar-refractivity contribution is -0.206. The molecule has 0 bridgehead atoms. The van der Waals surface area contributed by atoms with Crippen LogP contribution >= 0.6 is 0 Å². The van der Waals surface area contributed by atoms with Gasteiger partial charge in [0.2, 0.25) is 0 Å². The van der Waals surface area contributed by atoms with Crippen molar-refractivity contribution in [3.63, 3.8) is 0 Å². The third-order valence-corrected chi connectivity index (χ3v) is 10.8. The van der Waals surface area contributed by atoms with Gasteiger partial charge in [0, 0.05) is 0 Å². The van der Waals surface area contributed by atoms with Crippen LogP contribution in [0.1, 0.15) is 79.1 Å². The Morgan fingerprint density at radius 3 is 2.44 bits per heavy atom. The second-order valence-electron chi connectivity index (χ2n) is 12.3. The first-order valence-electron chi connectivity index (χ1n) is 12.9. The van der Waals surface area contributed by atoms with Gasteiger partial charge in [0.05, 0.1) is 24.2 Å². The maximum absolute atomic E-state index is 11.6. The zero-order valence-corrected chi connectivity index (χ0v) is 20.3. The quantitative estimate of drug-likeness (QED) is 0.471. The van der Waals surface area contributed by atoms with Crippen LogP contribution in [0, 0.1) is 52.3 Å². The zero-order valence-electron chi connectivity index (χ0n) is 20.3. The van der Waals surface area contributed by atoms with Gasteiger partial charge in [0.25, 0.3) is 0 Å². The predicted molar refractivity (Wildman–Crippen MR) is 124 cm³/mol. The van der Waals surface area contributed by atoms with E-state index in [1.807, 2.05) is 6.08 Å². The number of rotatable bonds is 5. The number of aliphatic hydroxyl groups excluding tert-OH is 3. The molecule has 4 fully saturated rings. The molecule has 0 aromatic rings. The molecule has 0 aliphatic heterocycles. The minimum atomic E-state index is -0.802. The lowest BCUT2D eigenvalue weighted by atomic mass is 9.43. The van der Waals surface area contributed by atoms with E-state index in [0.717, 1.165) is 51.4 Å². The molecule has 0 saturated heterocycles. The number of aliphatic hydroxyl groups is 3. The summed E-state index contributed by atoms with van der Waals surface area (Å²) < 4.78 is 0. The summed E-state index contributed by atoms with van der Waals surface area (Å²) >= 11 is 0. The van der Waals surface area contributed by atoms with Crippen molar-refractivity contribution in [1.29, 1.82) is 0 Å². The third-order valence-electron chi connectivity index (χ3n) is 10.8. The first kappa shape index (κ1) is 24.2. The van der Waals surface area contributed by atoms with Gasteiger partial charge in [-0.3, -0.25) is 4.79 Å². The van der Waals surface area contributed by atoms with E-state index in [4.69, 9.17) is 5.11 Å². The average Bonchev–Trinajstić information content (AvgIpc) is 3.08. The van der Waals surface area contributed by atoms with E-state index in [1.54, 1.807) is 13.0 Å². The summed E-state index contributed by atoms with van der Waals surface area (Å²) in [7, 11) is 0. The van der Waals surface area contributed by atoms with Gasteiger partial charge in [-0.25, -0.2) is 0 Å². The molecule has 32 heavy (non-hydrogen) atoms. The molecule has 0 radical (unpaired) electrons. The monoisotopic (exact) mass is 448 g/mol. The SMILES string of the molecule is CC(C=CCC(C)C1CCC2C3C(O)CC4CC(O)CCC4(C)C3CC(O)C12C)C(=O)O. The summed E-state index contributed by atoms with van der Waals surface area (Å²) in [5, 5.41) is 42.3. The second kappa shape index (κ2) is 8.70. The summed E-state index contributed by atoms with van der Waals surface area (Å²) in [6.07, 6.45) is 9.93. The van der Waals surface area contributed by atoms with Crippen molar-refractivity contribution in [2.24, 2.45) is 52.3 Å². The molecule has 4 saturated carbocycles. The standard InChI is InChI=1S/C27H44O5/c1-15(6-5-7-16(2)25(31)32)19-8-9-20-24-21(14-23(30)27(19,20)4)26(3)11-10-18(28)12-17(26)13-22(24)29/h5,7,15-24,28-30H,6,8-14H2,1-4H3,(H,31,32). The van der Waals surface area contributed by atoms with Crippen LogP contribution in [0.25, 0.3) is 0 Å². The first-order valence-corrected chi connectivity index (χ1v) is 12.9. The molecule has 182 valence electrons. The molecular formula is C27H44O5. The normalized spacial score (nSPS) is 50.3. The van der Waals surface area contributed by atoms with Crippen molar-refractivity contribution < 1.29 is 25.2 Å². The fraction of sp³-hybridized carbons (Fsp3) is 0.889. The molecule has 0 amide bonds. The van der Waals surface area contributed by atoms with Crippen LogP contribution in [0.5, 0.6) is 0 Å². The number of hydrogen-bond acceptors (Lipinski definition) is 4. The molecule has 4 aliphatic rings. The maximum Gasteiger partial charge on any atom is 0.310 e. The van der Waals surface area contributed by atoms with Crippen LogP contribution in [0.15, 0.2) is 12.2 Å². The summed E-state index contributed by atoms with van der Waals surface area (Å²) in [5.41, 5.74) is -0.101. The van der Waals surface area contributed by atoms with E-state index in [2.05, 4.69) is 20.8 Å². The minimum absolute atomic E-state index is 0.102. The molecule has 5 heteroatoms. The second-order valence-corrected chi connectivity index (χ2v) is 12.3. The summed E-state index contributed by atoms with van der Waals surface area (Å²) in [6.45, 7) is 8.57. The Kier molecular flexibility index (Phi) is 6.59. The third kappa shape index (κ3) is 3.76. The summed E-state index contributed by atoms with van der Waals surface area (Å²) in [5.74, 6) is 0.684. The average molecular weight is 449 g/mol. The highest BCUT2D eigenvalue weighted by atomic mass is 16.4. The summed E-state index contributed by atoms with van der Waals surface area (Å²) in [6, 6.07) is 0. The predicted octanol–water partition coefficient (Wildman–Crippen LogP) is 4.25. The number of aliphatic carboxylic acids is 1. The highest BCUT2D eigenvalue weighted by Gasteiger charge is 2.65. The Balaban J connectivity index is 1.54. The van der Waals surface area contributed by atoms with E-state index >= 15 is 0 Å². The van der Waals surface area contributed by atoms with Crippen molar-refractivity contribution in [3.8, 4) is 0 Å². The van der Waals surface area contributed by atoms with Crippen molar-refractivity contribution in [2.45, 2.75) is 97.4 Å². The Morgan fingerprint density at radius 2 is 1.75 bits per heavy atom. The molecule has 4 rings (SSSR count). The van der Waals surface area contributed by atoms with Gasteiger partial charge in [-0.2, -0.15) is 0 Å². The van der Waals surface area contributed by atoms with Gasteiger partial charge < -0.3 is 20.4 Å². The molecule has 5 nitrogen and oxygen atoms in total. The van der Waals surface area contributed by atoms with Gasteiger partial charge >= 0.3 is 5.97 Å². The minimum Gasteiger partial charge on any atom is -0.481 e. The van der Waals surface area contributed by atoms with E-state index in [1.165, 1.54) is 0 Å². The smallest absolute Gasteiger partial charge is 0.310 e. The van der Waals surface area contributed by atoms with Gasteiger partial charge in [0.15, 0.2) is 0 Å². The zero-order chi connectivity index (χ0) is 23.4. The van der Waals surface area contributed by atoms with Crippen molar-refractivity contribution in [1.82, 2.24) is 0 Å². The topological polar surface area (TPSA) is 98.0 Å². The van der Waals surface area contributed by atoms with Crippen LogP contribution in [-0.2, 0) is 4.79 Å². The largest absolute Gasteiger partial charge is 0.481 e. The van der Waals surface area contributed by atoms with Crippen LogP contribution < -0.4 is 0 Å². The van der Waals surface area contributed by atoms with Crippen LogP contribution in [-0.4, -0.2) is 44.7 Å². The highest BCUT2D eigenvalue weighted by Crippen LogP contribution is 2.68. The van der Waals surface area contributed by atoms with E-state index in [9.17, 15) is 20.1 Å². The highest BCUT2D eigenvalue weighted by molar-refractivity contribution is 5.71. The van der Waals surface area contributed by atoms with Crippen molar-refractivity contribution in [2.75, 3.05) is 0 Å². The number of allylic oxidation sites excluding steroid dienone is 1. The van der Waals surface area contributed by atoms with E-state index in [-0.39, 0.29) is 35.1 Å². The lowest BCUT2D eigenvalue weighted by Gasteiger charge is -2.63. The fourth-order valence-electron chi connectivity index (χ4n) is 8.88. The van der Waals surface area contributed by atoms with Crippen molar-refractivity contribution >= 4 is 5.97 Å². The molecular weight excluding hydrogens is 404 g/mol. The fourth-order valence-corrected chi connectivity index (χ4v) is 8.88. The van der Waals surface area contributed by atoms with Crippen LogP contribution in [0.4, 0.5) is 0 Å². The molecule has 0 spiro atoms. The van der Waals surface area contributed by atoms with Crippen molar-refractivity contribution in [3.05, 3.63) is 12.2 Å². The van der Waals surface area contributed by atoms with Gasteiger partial charge in [-0.05, 0) is 105 Å². The first-order chi connectivity index (χ1) is 15.0. The molecule has 4 N–H and O–H groups in total. The summed E-state index contributed by atoms with van der Waals surface area (Å²) in [4.78, 5) is 11.1. The Hall–Kier alpha value is -0.910. The Labute approximate surface area is 193 Å². The Morgan fingerprint density at radius 1 is 1.03 bits per heavy atom. The number of fused-ring (bicyclic) bond motifs is 5. The van der Waals surface area contributed by atoms with Crippen LogP contribution in [0.3, 0.4) is 0 Å².